The predicted molar refractivity (Wildman–Crippen MR) is 63.9 cm³/mol. The van der Waals surface area contributed by atoms with Crippen LogP contribution in [0.1, 0.15) is 12.8 Å². The first-order valence-electron chi connectivity index (χ1n) is 4.26. The van der Waals surface area contributed by atoms with E-state index in [1.165, 1.54) is 0 Å². The lowest BCUT2D eigenvalue weighted by Gasteiger charge is -2.18. The maximum absolute atomic E-state index is 10.9. The van der Waals surface area contributed by atoms with E-state index in [-0.39, 0.29) is 4.86 Å². The third-order valence-corrected chi connectivity index (χ3v) is 4.54. The van der Waals surface area contributed by atoms with E-state index in [2.05, 4.69) is 10.0 Å². The van der Waals surface area contributed by atoms with Gasteiger partial charge in [-0.05, 0) is 5.53 Å². The first kappa shape index (κ1) is 14.4. The summed E-state index contributed by atoms with van der Waals surface area (Å²) in [6.07, 6.45) is -0.923. The molecule has 0 spiro atoms. The van der Waals surface area contributed by atoms with Crippen molar-refractivity contribution < 1.29 is 25.3 Å². The lowest BCUT2D eigenvalue weighted by molar-refractivity contribution is 0.625. The van der Waals surface area contributed by atoms with Crippen LogP contribution in [0, 0.1) is 0 Å². The van der Waals surface area contributed by atoms with Gasteiger partial charge in [-0.15, -0.1) is 0 Å². The molecule has 0 bridgehead atoms. The Labute approximate surface area is 105 Å². The Balaban J connectivity index is 3.73. The van der Waals surface area contributed by atoms with Crippen molar-refractivity contribution in [2.75, 3.05) is 0 Å². The van der Waals surface area contributed by atoms with Gasteiger partial charge in [0.25, 0.3) is 0 Å². The van der Waals surface area contributed by atoms with Gasteiger partial charge in [0.15, 0.2) is 0 Å². The molecule has 0 aliphatic heterocycles. The van der Waals surface area contributed by atoms with Crippen LogP contribution < -0.4 is 0 Å². The number of azide groups is 1. The van der Waals surface area contributed by atoms with Crippen molar-refractivity contribution in [2.24, 2.45) is 5.11 Å². The molecule has 1 rings (SSSR count). The maximum Gasteiger partial charge on any atom is 0.214 e. The fourth-order valence-electron chi connectivity index (χ4n) is 1.42. The zero-order valence-electron chi connectivity index (χ0n) is 8.51. The highest BCUT2D eigenvalue weighted by Crippen LogP contribution is 2.14. The molecule has 0 aromatic rings. The van der Waals surface area contributed by atoms with Crippen LogP contribution in [0.4, 0.5) is 0 Å². The first-order chi connectivity index (χ1) is 8.38. The van der Waals surface area contributed by atoms with E-state index < -0.39 is 59.5 Å². The highest BCUT2D eigenvalue weighted by Gasteiger charge is 2.32. The fraction of sp³-hybridized carbons (Fsp3) is 0.500. The minimum absolute atomic E-state index is 0.280. The average Bonchev–Trinajstić information content (AvgIpc) is 2.28. The quantitative estimate of drug-likeness (QED) is 0.252. The number of hydrogen-bond donors (Lipinski definition) is 0. The minimum atomic E-state index is -2.84. The molecular formula is C6H5N3O6S3. The van der Waals surface area contributed by atoms with Gasteiger partial charge in [0.05, 0.1) is 14.6 Å². The van der Waals surface area contributed by atoms with E-state index in [0.29, 0.717) is 0 Å². The molecule has 0 saturated heterocycles. The topological polar surface area (TPSA) is 151 Å². The smallest absolute Gasteiger partial charge is 0.185 e. The van der Waals surface area contributed by atoms with Crippen LogP contribution in [0.2, 0.25) is 0 Å². The Morgan fingerprint density at radius 2 is 1.39 bits per heavy atom. The zero-order valence-corrected chi connectivity index (χ0v) is 11.0. The molecule has 0 amide bonds. The Morgan fingerprint density at radius 3 is 1.67 bits per heavy atom. The van der Waals surface area contributed by atoms with Gasteiger partial charge in [-0.25, -0.2) is 0 Å². The molecule has 0 N–H and O–H groups in total. The lowest BCUT2D eigenvalue weighted by Crippen LogP contribution is -2.38. The molecule has 0 aromatic carbocycles. The summed E-state index contributed by atoms with van der Waals surface area (Å²) in [5.41, 5.74) is 8.29. The minimum Gasteiger partial charge on any atom is -0.185 e. The monoisotopic (exact) mass is 311 g/mol. The second kappa shape index (κ2) is 5.82. The van der Waals surface area contributed by atoms with Crippen LogP contribution in [-0.2, 0) is 30.9 Å². The molecule has 0 aromatic heterocycles. The summed E-state index contributed by atoms with van der Waals surface area (Å²) in [6, 6.07) is -1.49. The highest BCUT2D eigenvalue weighted by molar-refractivity contribution is 7.77. The molecule has 0 heterocycles. The van der Waals surface area contributed by atoms with E-state index in [1.54, 1.807) is 0 Å². The van der Waals surface area contributed by atoms with E-state index in [4.69, 9.17) is 5.53 Å². The predicted octanol–water partition coefficient (Wildman–Crippen LogP) is -1.39. The standard InChI is InChI=1S/C6H5N3O6S3/c7-9-8-6-4(17(12)13)1-3(16(10)11)2-5(6)18(14)15/h6H,1-2H2. The summed E-state index contributed by atoms with van der Waals surface area (Å²) in [6.45, 7) is 0. The third-order valence-electron chi connectivity index (χ3n) is 2.18. The van der Waals surface area contributed by atoms with Gasteiger partial charge in [0.1, 0.15) is 6.04 Å². The summed E-state index contributed by atoms with van der Waals surface area (Å²) in [7, 11) is -8.39. The van der Waals surface area contributed by atoms with Crippen LogP contribution in [0.3, 0.4) is 0 Å². The van der Waals surface area contributed by atoms with Crippen molar-refractivity contribution >= 4 is 45.5 Å². The van der Waals surface area contributed by atoms with Crippen molar-refractivity contribution in [1.82, 2.24) is 0 Å². The Kier molecular flexibility index (Phi) is 4.67. The van der Waals surface area contributed by atoms with Crippen molar-refractivity contribution in [2.45, 2.75) is 18.9 Å². The summed E-state index contributed by atoms with van der Waals surface area (Å²) >= 11 is 0. The van der Waals surface area contributed by atoms with Gasteiger partial charge in [0, 0.05) is 17.8 Å². The van der Waals surface area contributed by atoms with Crippen LogP contribution in [0.5, 0.6) is 0 Å². The molecule has 98 valence electrons. The summed E-state index contributed by atoms with van der Waals surface area (Å²) in [4.78, 5) is 1.14. The second-order valence-electron chi connectivity index (χ2n) is 3.14. The molecule has 18 heavy (non-hydrogen) atoms. The van der Waals surface area contributed by atoms with E-state index in [1.807, 2.05) is 0 Å². The van der Waals surface area contributed by atoms with Crippen LogP contribution in [-0.4, -0.2) is 45.9 Å². The second-order valence-corrected chi connectivity index (χ2v) is 6.17. The molecule has 1 aliphatic rings. The van der Waals surface area contributed by atoms with Crippen molar-refractivity contribution in [3.63, 3.8) is 0 Å². The maximum atomic E-state index is 10.9. The Bertz CT molecular complexity index is 766. The average molecular weight is 311 g/mol. The van der Waals surface area contributed by atoms with Crippen LogP contribution in [0.25, 0.3) is 10.4 Å². The Hall–Kier alpha value is -1.62. The normalized spacial score (nSPS) is 19.1. The molecule has 9 nitrogen and oxygen atoms in total. The first-order valence-corrected chi connectivity index (χ1v) is 7.49. The largest absolute Gasteiger partial charge is 0.214 e. The van der Waals surface area contributed by atoms with Gasteiger partial charge >= 0.3 is 0 Å². The van der Waals surface area contributed by atoms with Gasteiger partial charge in [-0.1, -0.05) is 5.11 Å². The zero-order chi connectivity index (χ0) is 13.9. The molecule has 1 fully saturated rings. The molecule has 1 saturated carbocycles. The fourth-order valence-corrected chi connectivity index (χ4v) is 3.55. The van der Waals surface area contributed by atoms with E-state index in [9.17, 15) is 25.3 Å². The molecule has 0 atom stereocenters. The molecule has 1 aliphatic carbocycles. The molecule has 0 radical (unpaired) electrons. The van der Waals surface area contributed by atoms with Gasteiger partial charge in [-0.3, -0.25) is 0 Å². The third kappa shape index (κ3) is 2.98. The van der Waals surface area contributed by atoms with Gasteiger partial charge < -0.3 is 0 Å². The van der Waals surface area contributed by atoms with Crippen LogP contribution >= 0.6 is 0 Å². The van der Waals surface area contributed by atoms with Gasteiger partial charge in [-0.2, -0.15) is 25.3 Å². The summed E-state index contributed by atoms with van der Waals surface area (Å²) in [5.74, 6) is 0. The van der Waals surface area contributed by atoms with Crippen LogP contribution in [0.15, 0.2) is 5.11 Å². The summed E-state index contributed by atoms with van der Waals surface area (Å²) < 4.78 is 65.3. The molecular weight excluding hydrogens is 306 g/mol. The Morgan fingerprint density at radius 1 is 0.944 bits per heavy atom. The lowest BCUT2D eigenvalue weighted by atomic mass is 9.95. The summed E-state index contributed by atoms with van der Waals surface area (Å²) in [5, 5.41) is 3.09. The van der Waals surface area contributed by atoms with Crippen molar-refractivity contribution in [3.05, 3.63) is 10.4 Å². The number of rotatable bonds is 1. The van der Waals surface area contributed by atoms with Gasteiger partial charge in [0.2, 0.25) is 30.9 Å². The van der Waals surface area contributed by atoms with E-state index in [0.717, 1.165) is 0 Å². The molecule has 12 heteroatoms. The van der Waals surface area contributed by atoms with Crippen molar-refractivity contribution in [3.8, 4) is 0 Å². The SMILES string of the molecule is [N-]=[N+]=NC1C(=S(=O)=O)CC(=S(=O)=O)CC1=S(=O)=O. The number of nitrogens with zero attached hydrogens (tertiary/aromatic N) is 3. The highest BCUT2D eigenvalue weighted by atomic mass is 32.2. The molecule has 0 unspecified atom stereocenters. The number of hydrogen-bond acceptors (Lipinski definition) is 7. The van der Waals surface area contributed by atoms with Crippen molar-refractivity contribution in [1.29, 1.82) is 0 Å². The van der Waals surface area contributed by atoms with E-state index >= 15 is 0 Å².